The van der Waals surface area contributed by atoms with Crippen LogP contribution in [-0.4, -0.2) is 41.2 Å². The molecule has 0 bridgehead atoms. The van der Waals surface area contributed by atoms with Crippen molar-refractivity contribution in [1.82, 2.24) is 9.88 Å². The van der Waals surface area contributed by atoms with E-state index in [9.17, 15) is 0 Å². The van der Waals surface area contributed by atoms with Gasteiger partial charge in [0, 0.05) is 29.8 Å². The molecule has 4 heteroatoms. The molecule has 1 unspecified atom stereocenters. The van der Waals surface area contributed by atoms with Crippen molar-refractivity contribution in [2.24, 2.45) is 0 Å². The molecule has 1 fully saturated rings. The van der Waals surface area contributed by atoms with Crippen molar-refractivity contribution >= 4 is 21.5 Å². The maximum absolute atomic E-state index is 5.85. The topological polar surface area (TPSA) is 25.4 Å². The second kappa shape index (κ2) is 6.81. The molecule has 22 heavy (non-hydrogen) atoms. The first-order valence-electron chi connectivity index (χ1n) is 8.24. The van der Waals surface area contributed by atoms with Crippen LogP contribution in [0.15, 0.2) is 22.8 Å². The summed E-state index contributed by atoms with van der Waals surface area (Å²) in [4.78, 5) is 7.23. The molecular weight excluding hydrogens is 340 g/mol. The molecule has 1 aromatic heterocycles. The van der Waals surface area contributed by atoms with Crippen molar-refractivity contribution in [3.63, 3.8) is 0 Å². The molecule has 0 N–H and O–H groups in total. The van der Waals surface area contributed by atoms with Gasteiger partial charge in [0.25, 0.3) is 0 Å². The summed E-state index contributed by atoms with van der Waals surface area (Å²) in [6.45, 7) is 8.64. The maximum atomic E-state index is 5.85. The molecule has 3 rings (SSSR count). The predicted octanol–water partition coefficient (Wildman–Crippen LogP) is 4.20. The third-order valence-corrected chi connectivity index (χ3v) is 5.13. The van der Waals surface area contributed by atoms with Crippen molar-refractivity contribution in [2.45, 2.75) is 58.3 Å². The number of allylic oxidation sites excluding steroid dienone is 1. The van der Waals surface area contributed by atoms with E-state index in [1.165, 1.54) is 23.3 Å². The fourth-order valence-electron chi connectivity index (χ4n) is 3.76. The molecule has 1 aliphatic carbocycles. The molecule has 0 amide bonds. The zero-order chi connectivity index (χ0) is 15.7. The van der Waals surface area contributed by atoms with Crippen LogP contribution in [0.1, 0.15) is 44.4 Å². The average molecular weight is 365 g/mol. The summed E-state index contributed by atoms with van der Waals surface area (Å²) < 4.78 is 6.91. The van der Waals surface area contributed by atoms with Gasteiger partial charge in [0.1, 0.15) is 0 Å². The SMILES string of the molecule is Cc1cc(Br)cnc1C1=CCC(N2C[C@@H](C)O[C@@H](C)C2)CC1. The zero-order valence-corrected chi connectivity index (χ0v) is 15.3. The highest BCUT2D eigenvalue weighted by molar-refractivity contribution is 9.10. The van der Waals surface area contributed by atoms with E-state index in [0.717, 1.165) is 30.4 Å². The molecule has 0 saturated carbocycles. The summed E-state index contributed by atoms with van der Waals surface area (Å²) in [5.74, 6) is 0. The number of pyridine rings is 1. The fourth-order valence-corrected chi connectivity index (χ4v) is 4.21. The van der Waals surface area contributed by atoms with Crippen molar-refractivity contribution in [3.8, 4) is 0 Å². The van der Waals surface area contributed by atoms with Gasteiger partial charge in [-0.2, -0.15) is 0 Å². The van der Waals surface area contributed by atoms with Crippen molar-refractivity contribution < 1.29 is 4.74 Å². The molecule has 1 aliphatic heterocycles. The molecule has 2 aliphatic rings. The molecule has 0 aromatic carbocycles. The number of halogens is 1. The number of rotatable bonds is 2. The Bertz CT molecular complexity index is 562. The Morgan fingerprint density at radius 3 is 2.59 bits per heavy atom. The van der Waals surface area contributed by atoms with Gasteiger partial charge in [-0.3, -0.25) is 9.88 Å². The average Bonchev–Trinajstić information content (AvgIpc) is 2.46. The summed E-state index contributed by atoms with van der Waals surface area (Å²) in [6.07, 6.45) is 8.49. The van der Waals surface area contributed by atoms with E-state index in [1.54, 1.807) is 0 Å². The molecule has 1 saturated heterocycles. The number of hydrogen-bond donors (Lipinski definition) is 0. The first-order valence-corrected chi connectivity index (χ1v) is 9.03. The van der Waals surface area contributed by atoms with Gasteiger partial charge in [-0.05, 0) is 73.2 Å². The van der Waals surface area contributed by atoms with Crippen LogP contribution in [0.5, 0.6) is 0 Å². The number of nitrogens with zero attached hydrogens (tertiary/aromatic N) is 2. The largest absolute Gasteiger partial charge is 0.373 e. The van der Waals surface area contributed by atoms with Crippen molar-refractivity contribution in [1.29, 1.82) is 0 Å². The van der Waals surface area contributed by atoms with E-state index >= 15 is 0 Å². The molecule has 1 aromatic rings. The monoisotopic (exact) mass is 364 g/mol. The molecule has 3 nitrogen and oxygen atoms in total. The Balaban J connectivity index is 1.69. The highest BCUT2D eigenvalue weighted by Crippen LogP contribution is 2.31. The third kappa shape index (κ3) is 3.61. The lowest BCUT2D eigenvalue weighted by molar-refractivity contribution is -0.0810. The Morgan fingerprint density at radius 2 is 2.00 bits per heavy atom. The van der Waals surface area contributed by atoms with E-state index in [0.29, 0.717) is 18.2 Å². The Labute approximate surface area is 141 Å². The van der Waals surface area contributed by atoms with E-state index < -0.39 is 0 Å². The number of aromatic nitrogens is 1. The molecule has 3 atom stereocenters. The summed E-state index contributed by atoms with van der Waals surface area (Å²) in [7, 11) is 0. The van der Waals surface area contributed by atoms with Gasteiger partial charge >= 0.3 is 0 Å². The van der Waals surface area contributed by atoms with Gasteiger partial charge in [0.15, 0.2) is 0 Å². The second-order valence-electron chi connectivity index (χ2n) is 6.69. The van der Waals surface area contributed by atoms with Gasteiger partial charge in [-0.15, -0.1) is 0 Å². The molecule has 0 radical (unpaired) electrons. The van der Waals surface area contributed by atoms with E-state index in [1.807, 2.05) is 6.20 Å². The Kier molecular flexibility index (Phi) is 5.00. The minimum absolute atomic E-state index is 0.351. The smallest absolute Gasteiger partial charge is 0.0688 e. The third-order valence-electron chi connectivity index (χ3n) is 4.70. The van der Waals surface area contributed by atoms with Crippen molar-refractivity contribution in [3.05, 3.63) is 34.1 Å². The van der Waals surface area contributed by atoms with Crippen LogP contribution >= 0.6 is 15.9 Å². The van der Waals surface area contributed by atoms with Crippen LogP contribution in [0.25, 0.3) is 5.57 Å². The Morgan fingerprint density at radius 1 is 1.27 bits per heavy atom. The number of ether oxygens (including phenoxy) is 1. The highest BCUT2D eigenvalue weighted by atomic mass is 79.9. The van der Waals surface area contributed by atoms with Gasteiger partial charge in [0.2, 0.25) is 0 Å². The lowest BCUT2D eigenvalue weighted by Gasteiger charge is -2.41. The van der Waals surface area contributed by atoms with Crippen LogP contribution < -0.4 is 0 Å². The van der Waals surface area contributed by atoms with Gasteiger partial charge in [0.05, 0.1) is 17.9 Å². The quantitative estimate of drug-likeness (QED) is 0.786. The van der Waals surface area contributed by atoms with Gasteiger partial charge < -0.3 is 4.74 Å². The summed E-state index contributed by atoms with van der Waals surface area (Å²) >= 11 is 3.49. The summed E-state index contributed by atoms with van der Waals surface area (Å²) in [5.41, 5.74) is 3.84. The zero-order valence-electron chi connectivity index (χ0n) is 13.7. The molecule has 2 heterocycles. The first-order chi connectivity index (χ1) is 10.5. The summed E-state index contributed by atoms with van der Waals surface area (Å²) in [5, 5.41) is 0. The van der Waals surface area contributed by atoms with Crippen LogP contribution in [0.3, 0.4) is 0 Å². The standard InChI is InChI=1S/C18H25BrN2O/c1-12-8-16(19)9-20-18(12)15-4-6-17(7-5-15)21-10-13(2)22-14(3)11-21/h4,8-9,13-14,17H,5-7,10-11H2,1-3H3/t13-,14+,17?. The van der Waals surface area contributed by atoms with E-state index in [4.69, 9.17) is 4.74 Å². The normalized spacial score (nSPS) is 30.2. The Hall–Kier alpha value is -0.710. The van der Waals surface area contributed by atoms with Crippen LogP contribution in [-0.2, 0) is 4.74 Å². The van der Waals surface area contributed by atoms with E-state index in [-0.39, 0.29) is 0 Å². The second-order valence-corrected chi connectivity index (χ2v) is 7.60. The van der Waals surface area contributed by atoms with Crippen LogP contribution in [0, 0.1) is 6.92 Å². The van der Waals surface area contributed by atoms with E-state index in [2.05, 4.69) is 58.7 Å². The van der Waals surface area contributed by atoms with Crippen molar-refractivity contribution in [2.75, 3.05) is 13.1 Å². The minimum atomic E-state index is 0.351. The predicted molar refractivity (Wildman–Crippen MR) is 93.9 cm³/mol. The minimum Gasteiger partial charge on any atom is -0.373 e. The lowest BCUT2D eigenvalue weighted by Crippen LogP contribution is -2.50. The highest BCUT2D eigenvalue weighted by Gasteiger charge is 2.29. The fraction of sp³-hybridized carbons (Fsp3) is 0.611. The number of morpholine rings is 1. The molecule has 120 valence electrons. The summed E-state index contributed by atoms with van der Waals surface area (Å²) in [6, 6.07) is 2.81. The number of hydrogen-bond acceptors (Lipinski definition) is 3. The number of aryl methyl sites for hydroxylation is 1. The van der Waals surface area contributed by atoms with Gasteiger partial charge in [-0.1, -0.05) is 6.08 Å². The first kappa shape index (κ1) is 16.2. The van der Waals surface area contributed by atoms with Crippen LogP contribution in [0.4, 0.5) is 0 Å². The molecule has 0 spiro atoms. The maximum Gasteiger partial charge on any atom is 0.0688 e. The molecular formula is C18H25BrN2O. The van der Waals surface area contributed by atoms with Gasteiger partial charge in [-0.25, -0.2) is 0 Å². The van der Waals surface area contributed by atoms with Crippen LogP contribution in [0.2, 0.25) is 0 Å². The lowest BCUT2D eigenvalue weighted by atomic mass is 9.90.